The molecule has 0 aromatic heterocycles. The molecule has 1 aliphatic carbocycles. The molecule has 0 unspecified atom stereocenters. The lowest BCUT2D eigenvalue weighted by atomic mass is 9.93. The van der Waals surface area contributed by atoms with E-state index in [1.807, 2.05) is 0 Å². The Kier molecular flexibility index (Phi) is 4.07. The van der Waals surface area contributed by atoms with Gasteiger partial charge in [0, 0.05) is 11.6 Å². The Morgan fingerprint density at radius 2 is 2.00 bits per heavy atom. The van der Waals surface area contributed by atoms with E-state index in [-0.39, 0.29) is 24.3 Å². The number of nitrogens with two attached hydrogens (primary N) is 1. The second-order valence-electron chi connectivity index (χ2n) is 4.53. The lowest BCUT2D eigenvalue weighted by molar-refractivity contribution is 0.00278. The number of hydrogen-bond acceptors (Lipinski definition) is 2. The molecule has 0 spiro atoms. The number of benzene rings is 1. The molecule has 1 aromatic carbocycles. The van der Waals surface area contributed by atoms with E-state index in [1.54, 1.807) is 0 Å². The Morgan fingerprint density at radius 3 is 2.76 bits per heavy atom. The highest BCUT2D eigenvalue weighted by Crippen LogP contribution is 2.21. The largest absolute Gasteiger partial charge is 0.372 e. The average Bonchev–Trinajstić information content (AvgIpc) is 2.32. The minimum atomic E-state index is -0.446. The van der Waals surface area contributed by atoms with E-state index in [0.717, 1.165) is 37.8 Å². The van der Waals surface area contributed by atoms with E-state index in [9.17, 15) is 8.78 Å². The summed E-state index contributed by atoms with van der Waals surface area (Å²) in [4.78, 5) is 0. The first-order valence-electron chi connectivity index (χ1n) is 5.98. The first kappa shape index (κ1) is 12.5. The van der Waals surface area contributed by atoms with E-state index < -0.39 is 11.6 Å². The van der Waals surface area contributed by atoms with E-state index >= 15 is 0 Å². The summed E-state index contributed by atoms with van der Waals surface area (Å²) < 4.78 is 31.9. The van der Waals surface area contributed by atoms with Crippen molar-refractivity contribution in [1.29, 1.82) is 0 Å². The van der Waals surface area contributed by atoms with Crippen molar-refractivity contribution in [3.05, 3.63) is 35.4 Å². The van der Waals surface area contributed by atoms with Crippen molar-refractivity contribution in [3.8, 4) is 0 Å². The van der Waals surface area contributed by atoms with Crippen molar-refractivity contribution < 1.29 is 13.5 Å². The normalized spacial score (nSPS) is 24.9. The van der Waals surface area contributed by atoms with Crippen LogP contribution in [0.4, 0.5) is 8.78 Å². The third kappa shape index (κ3) is 3.23. The Hall–Kier alpha value is -1.00. The maximum Gasteiger partial charge on any atom is 0.128 e. The monoisotopic (exact) mass is 241 g/mol. The van der Waals surface area contributed by atoms with Crippen LogP contribution in [0.1, 0.15) is 31.2 Å². The highest BCUT2D eigenvalue weighted by atomic mass is 19.1. The fraction of sp³-hybridized carbons (Fsp3) is 0.538. The fourth-order valence-electron chi connectivity index (χ4n) is 2.18. The minimum absolute atomic E-state index is 0.0142. The van der Waals surface area contributed by atoms with Crippen LogP contribution in [0, 0.1) is 11.6 Å². The maximum atomic E-state index is 13.3. The highest BCUT2D eigenvalue weighted by molar-refractivity contribution is 5.17. The molecule has 0 amide bonds. The van der Waals surface area contributed by atoms with Gasteiger partial charge in [-0.25, -0.2) is 8.78 Å². The van der Waals surface area contributed by atoms with Gasteiger partial charge < -0.3 is 10.5 Å². The van der Waals surface area contributed by atoms with Gasteiger partial charge in [0.05, 0.1) is 12.7 Å². The summed E-state index contributed by atoms with van der Waals surface area (Å²) >= 11 is 0. The van der Waals surface area contributed by atoms with Crippen LogP contribution < -0.4 is 5.73 Å². The summed E-state index contributed by atoms with van der Waals surface area (Å²) in [5.74, 6) is -0.881. The second-order valence-corrected chi connectivity index (χ2v) is 4.53. The topological polar surface area (TPSA) is 35.2 Å². The zero-order valence-corrected chi connectivity index (χ0v) is 9.66. The molecule has 94 valence electrons. The van der Waals surface area contributed by atoms with Crippen LogP contribution in [0.5, 0.6) is 0 Å². The summed E-state index contributed by atoms with van der Waals surface area (Å²) in [6.45, 7) is 0.0853. The Balaban J connectivity index is 1.94. The smallest absolute Gasteiger partial charge is 0.128 e. The molecule has 0 bridgehead atoms. The molecule has 4 heteroatoms. The van der Waals surface area contributed by atoms with Gasteiger partial charge in [-0.05, 0) is 31.0 Å². The van der Waals surface area contributed by atoms with Gasteiger partial charge in [0.25, 0.3) is 0 Å². The maximum absolute atomic E-state index is 13.3. The SMILES string of the molecule is N[C@@H]1CCCC[C@@H]1OCc1cc(F)ccc1F. The van der Waals surface area contributed by atoms with Gasteiger partial charge in [-0.1, -0.05) is 12.8 Å². The van der Waals surface area contributed by atoms with E-state index in [2.05, 4.69) is 0 Å². The molecule has 2 nitrogen and oxygen atoms in total. The molecular weight excluding hydrogens is 224 g/mol. The van der Waals surface area contributed by atoms with Crippen LogP contribution in [0.15, 0.2) is 18.2 Å². The molecule has 1 aliphatic rings. The molecule has 1 aromatic rings. The molecule has 0 aliphatic heterocycles. The molecule has 0 saturated heterocycles. The predicted molar refractivity (Wildman–Crippen MR) is 61.4 cm³/mol. The van der Waals surface area contributed by atoms with Gasteiger partial charge in [0.1, 0.15) is 11.6 Å². The van der Waals surface area contributed by atoms with Crippen molar-refractivity contribution in [2.75, 3.05) is 0 Å². The molecule has 2 N–H and O–H groups in total. The summed E-state index contributed by atoms with van der Waals surface area (Å²) in [5, 5.41) is 0. The van der Waals surface area contributed by atoms with Gasteiger partial charge in [-0.3, -0.25) is 0 Å². The minimum Gasteiger partial charge on any atom is -0.372 e. The molecular formula is C13H17F2NO. The zero-order valence-electron chi connectivity index (χ0n) is 9.66. The number of rotatable bonds is 3. The molecule has 2 rings (SSSR count). The third-order valence-electron chi connectivity index (χ3n) is 3.21. The zero-order chi connectivity index (χ0) is 12.3. The predicted octanol–water partition coefficient (Wildman–Crippen LogP) is 2.75. The van der Waals surface area contributed by atoms with Crippen LogP contribution in [0.2, 0.25) is 0 Å². The van der Waals surface area contributed by atoms with Crippen LogP contribution in [-0.2, 0) is 11.3 Å². The molecule has 0 heterocycles. The van der Waals surface area contributed by atoms with Crippen molar-refractivity contribution in [1.82, 2.24) is 0 Å². The Morgan fingerprint density at radius 1 is 1.24 bits per heavy atom. The van der Waals surface area contributed by atoms with Crippen molar-refractivity contribution in [2.45, 2.75) is 44.4 Å². The van der Waals surface area contributed by atoms with Gasteiger partial charge in [-0.2, -0.15) is 0 Å². The number of halogens is 2. The lowest BCUT2D eigenvalue weighted by Crippen LogP contribution is -2.39. The number of ether oxygens (including phenoxy) is 1. The van der Waals surface area contributed by atoms with E-state index in [0.29, 0.717) is 0 Å². The fourth-order valence-corrected chi connectivity index (χ4v) is 2.18. The van der Waals surface area contributed by atoms with E-state index in [4.69, 9.17) is 10.5 Å². The van der Waals surface area contributed by atoms with Gasteiger partial charge >= 0.3 is 0 Å². The average molecular weight is 241 g/mol. The lowest BCUT2D eigenvalue weighted by Gasteiger charge is -2.28. The Bertz CT molecular complexity index is 384. The van der Waals surface area contributed by atoms with Crippen LogP contribution in [0.3, 0.4) is 0 Å². The second kappa shape index (κ2) is 5.56. The quantitative estimate of drug-likeness (QED) is 0.883. The van der Waals surface area contributed by atoms with Crippen LogP contribution in [-0.4, -0.2) is 12.1 Å². The van der Waals surface area contributed by atoms with Crippen LogP contribution in [0.25, 0.3) is 0 Å². The number of hydrogen-bond donors (Lipinski definition) is 1. The summed E-state index contributed by atoms with van der Waals surface area (Å²) in [7, 11) is 0. The van der Waals surface area contributed by atoms with Gasteiger partial charge in [-0.15, -0.1) is 0 Å². The molecule has 17 heavy (non-hydrogen) atoms. The summed E-state index contributed by atoms with van der Waals surface area (Å²) in [5.41, 5.74) is 6.17. The van der Waals surface area contributed by atoms with Crippen molar-refractivity contribution in [2.24, 2.45) is 5.73 Å². The van der Waals surface area contributed by atoms with Crippen molar-refractivity contribution in [3.63, 3.8) is 0 Å². The Labute approximate surface area is 99.8 Å². The molecule has 1 fully saturated rings. The standard InChI is InChI=1S/C13H17F2NO/c14-10-5-6-11(15)9(7-10)8-17-13-4-2-1-3-12(13)16/h5-7,12-13H,1-4,8,16H2/t12-,13+/m1/s1. The summed E-state index contributed by atoms with van der Waals surface area (Å²) in [6.07, 6.45) is 4.01. The van der Waals surface area contributed by atoms with E-state index in [1.165, 1.54) is 6.07 Å². The van der Waals surface area contributed by atoms with Crippen molar-refractivity contribution >= 4 is 0 Å². The third-order valence-corrected chi connectivity index (χ3v) is 3.21. The van der Waals surface area contributed by atoms with Gasteiger partial charge in [0.15, 0.2) is 0 Å². The van der Waals surface area contributed by atoms with Crippen LogP contribution >= 0.6 is 0 Å². The molecule has 2 atom stereocenters. The first-order valence-corrected chi connectivity index (χ1v) is 5.98. The highest BCUT2D eigenvalue weighted by Gasteiger charge is 2.22. The first-order chi connectivity index (χ1) is 8.16. The van der Waals surface area contributed by atoms with Gasteiger partial charge in [0.2, 0.25) is 0 Å². The summed E-state index contributed by atoms with van der Waals surface area (Å²) in [6, 6.07) is 3.41. The molecule has 0 radical (unpaired) electrons. The molecule has 1 saturated carbocycles.